The molecule has 2 aromatic heterocycles. The fourth-order valence-corrected chi connectivity index (χ4v) is 2.81. The van der Waals surface area contributed by atoms with Gasteiger partial charge in [-0.15, -0.1) is 0 Å². The summed E-state index contributed by atoms with van der Waals surface area (Å²) in [6.07, 6.45) is -2.18. The molecule has 0 aliphatic carbocycles. The van der Waals surface area contributed by atoms with Crippen LogP contribution in [-0.4, -0.2) is 40.4 Å². The van der Waals surface area contributed by atoms with E-state index < -0.39 is 17.8 Å². The summed E-state index contributed by atoms with van der Waals surface area (Å²) in [7, 11) is 0. The molecule has 0 saturated heterocycles. The lowest BCUT2D eigenvalue weighted by Crippen LogP contribution is -2.33. The summed E-state index contributed by atoms with van der Waals surface area (Å²) in [5.74, 6) is 0.379. The first kappa shape index (κ1) is 19.2. The van der Waals surface area contributed by atoms with Gasteiger partial charge in [-0.3, -0.25) is 0 Å². The quantitative estimate of drug-likeness (QED) is 0.527. The van der Waals surface area contributed by atoms with Crippen molar-refractivity contribution in [2.24, 2.45) is 0 Å². The number of benzene rings is 1. The van der Waals surface area contributed by atoms with Gasteiger partial charge in [0.25, 0.3) is 0 Å². The number of aliphatic hydroxyl groups is 1. The van der Waals surface area contributed by atoms with E-state index in [1.54, 1.807) is 0 Å². The van der Waals surface area contributed by atoms with Crippen LogP contribution in [0.5, 0.6) is 0 Å². The highest BCUT2D eigenvalue weighted by Gasteiger charge is 2.30. The molecule has 3 rings (SSSR count). The Morgan fingerprint density at radius 2 is 1.89 bits per heavy atom. The van der Waals surface area contributed by atoms with E-state index in [2.05, 4.69) is 15.6 Å². The van der Waals surface area contributed by atoms with Crippen LogP contribution in [0.2, 0.25) is 0 Å². The summed E-state index contributed by atoms with van der Waals surface area (Å²) >= 11 is 0. The largest absolute Gasteiger partial charge is 0.417 e. The van der Waals surface area contributed by atoms with E-state index in [1.807, 2.05) is 41.1 Å². The van der Waals surface area contributed by atoms with Gasteiger partial charge in [0, 0.05) is 44.1 Å². The number of para-hydroxylation sites is 1. The lowest BCUT2D eigenvalue weighted by Gasteiger charge is -2.14. The topological polar surface area (TPSA) is 62.1 Å². The lowest BCUT2D eigenvalue weighted by atomic mass is 10.2. The van der Waals surface area contributed by atoms with Gasteiger partial charge in [0.15, 0.2) is 0 Å². The molecule has 3 aromatic rings. The molecule has 8 heteroatoms. The van der Waals surface area contributed by atoms with Crippen molar-refractivity contribution >= 4 is 16.7 Å². The van der Waals surface area contributed by atoms with Gasteiger partial charge in [-0.25, -0.2) is 4.98 Å². The smallest absolute Gasteiger partial charge is 0.390 e. The summed E-state index contributed by atoms with van der Waals surface area (Å²) in [6, 6.07) is 12.3. The average molecular weight is 378 g/mol. The second-order valence-electron chi connectivity index (χ2n) is 6.24. The molecule has 0 amide bonds. The SMILES string of the molecule is OC(CNCCNc1ccc(C(F)(F)F)cn1)Cn1ccc2ccccc21. The molecule has 2 heterocycles. The van der Waals surface area contributed by atoms with Crippen LogP contribution in [0.15, 0.2) is 54.9 Å². The molecule has 0 aliphatic rings. The highest BCUT2D eigenvalue weighted by Crippen LogP contribution is 2.28. The first-order valence-corrected chi connectivity index (χ1v) is 8.63. The maximum Gasteiger partial charge on any atom is 0.417 e. The van der Waals surface area contributed by atoms with Gasteiger partial charge in [-0.1, -0.05) is 18.2 Å². The third-order valence-electron chi connectivity index (χ3n) is 4.17. The van der Waals surface area contributed by atoms with Gasteiger partial charge in [0.05, 0.1) is 11.7 Å². The molecular weight excluding hydrogens is 357 g/mol. The monoisotopic (exact) mass is 378 g/mol. The number of hydrogen-bond acceptors (Lipinski definition) is 4. The van der Waals surface area contributed by atoms with Crippen LogP contribution in [0.4, 0.5) is 19.0 Å². The van der Waals surface area contributed by atoms with E-state index >= 15 is 0 Å². The number of pyridine rings is 1. The number of aliphatic hydroxyl groups excluding tert-OH is 1. The Bertz CT molecular complexity index is 861. The normalized spacial score (nSPS) is 13.0. The molecule has 1 aromatic carbocycles. The van der Waals surface area contributed by atoms with Crippen molar-refractivity contribution in [2.75, 3.05) is 25.0 Å². The van der Waals surface area contributed by atoms with Crippen LogP contribution < -0.4 is 10.6 Å². The summed E-state index contributed by atoms with van der Waals surface area (Å²) < 4.78 is 39.4. The first-order chi connectivity index (χ1) is 12.9. The number of rotatable bonds is 8. The van der Waals surface area contributed by atoms with E-state index in [9.17, 15) is 18.3 Å². The molecule has 0 fully saturated rings. The van der Waals surface area contributed by atoms with Crippen LogP contribution >= 0.6 is 0 Å². The summed E-state index contributed by atoms with van der Waals surface area (Å²) in [4.78, 5) is 3.75. The number of alkyl halides is 3. The Morgan fingerprint density at radius 1 is 1.07 bits per heavy atom. The lowest BCUT2D eigenvalue weighted by molar-refractivity contribution is -0.137. The Hall–Kier alpha value is -2.58. The number of halogens is 3. The van der Waals surface area contributed by atoms with E-state index in [0.717, 1.165) is 23.2 Å². The molecule has 5 nitrogen and oxygen atoms in total. The van der Waals surface area contributed by atoms with Crippen molar-refractivity contribution in [3.8, 4) is 0 Å². The van der Waals surface area contributed by atoms with Gasteiger partial charge in [0.2, 0.25) is 0 Å². The van der Waals surface area contributed by atoms with E-state index in [4.69, 9.17) is 0 Å². The Balaban J connectivity index is 1.37. The average Bonchev–Trinajstić information content (AvgIpc) is 3.04. The Labute approximate surface area is 154 Å². The van der Waals surface area contributed by atoms with Crippen LogP contribution in [0, 0.1) is 0 Å². The Kier molecular flexibility index (Phi) is 5.98. The van der Waals surface area contributed by atoms with Crippen molar-refractivity contribution < 1.29 is 18.3 Å². The molecule has 0 aliphatic heterocycles. The molecule has 27 heavy (non-hydrogen) atoms. The Morgan fingerprint density at radius 3 is 2.63 bits per heavy atom. The minimum atomic E-state index is -4.38. The maximum absolute atomic E-state index is 12.5. The van der Waals surface area contributed by atoms with Crippen molar-refractivity contribution in [1.29, 1.82) is 0 Å². The fourth-order valence-electron chi connectivity index (χ4n) is 2.81. The summed E-state index contributed by atoms with van der Waals surface area (Å²) in [5, 5.41) is 17.4. The zero-order valence-corrected chi connectivity index (χ0v) is 14.6. The molecule has 0 radical (unpaired) electrons. The zero-order valence-electron chi connectivity index (χ0n) is 14.6. The summed E-state index contributed by atoms with van der Waals surface area (Å²) in [5.41, 5.74) is 0.304. The molecule has 0 spiro atoms. The zero-order chi connectivity index (χ0) is 19.3. The van der Waals surface area contributed by atoms with Gasteiger partial charge in [-0.2, -0.15) is 13.2 Å². The predicted octanol–water partition coefficient (Wildman–Crippen LogP) is 3.12. The van der Waals surface area contributed by atoms with Gasteiger partial charge >= 0.3 is 6.18 Å². The number of nitrogens with one attached hydrogen (secondary N) is 2. The number of fused-ring (bicyclic) bond motifs is 1. The first-order valence-electron chi connectivity index (χ1n) is 8.63. The molecular formula is C19H21F3N4O. The number of hydrogen-bond donors (Lipinski definition) is 3. The summed E-state index contributed by atoms with van der Waals surface area (Å²) in [6.45, 7) is 1.92. The second-order valence-corrected chi connectivity index (χ2v) is 6.24. The van der Waals surface area contributed by atoms with Crippen LogP contribution in [0.25, 0.3) is 10.9 Å². The number of aromatic nitrogens is 2. The predicted molar refractivity (Wildman–Crippen MR) is 98.5 cm³/mol. The maximum atomic E-state index is 12.5. The fraction of sp³-hybridized carbons (Fsp3) is 0.316. The number of nitrogens with zero attached hydrogens (tertiary/aromatic N) is 2. The highest BCUT2D eigenvalue weighted by atomic mass is 19.4. The van der Waals surface area contributed by atoms with Crippen LogP contribution in [-0.2, 0) is 12.7 Å². The van der Waals surface area contributed by atoms with E-state index in [1.165, 1.54) is 6.07 Å². The molecule has 0 bridgehead atoms. The van der Waals surface area contributed by atoms with Crippen molar-refractivity contribution in [2.45, 2.75) is 18.8 Å². The molecule has 144 valence electrons. The van der Waals surface area contributed by atoms with Crippen LogP contribution in [0.1, 0.15) is 5.56 Å². The number of anilines is 1. The highest BCUT2D eigenvalue weighted by molar-refractivity contribution is 5.79. The van der Waals surface area contributed by atoms with E-state index in [-0.39, 0.29) is 0 Å². The third-order valence-corrected chi connectivity index (χ3v) is 4.17. The van der Waals surface area contributed by atoms with Crippen molar-refractivity contribution in [3.63, 3.8) is 0 Å². The molecule has 1 atom stereocenters. The van der Waals surface area contributed by atoms with Gasteiger partial charge in [0.1, 0.15) is 5.82 Å². The van der Waals surface area contributed by atoms with E-state index in [0.29, 0.717) is 32.0 Å². The minimum Gasteiger partial charge on any atom is -0.390 e. The van der Waals surface area contributed by atoms with Crippen molar-refractivity contribution in [3.05, 3.63) is 60.4 Å². The van der Waals surface area contributed by atoms with Crippen molar-refractivity contribution in [1.82, 2.24) is 14.9 Å². The van der Waals surface area contributed by atoms with Gasteiger partial charge in [-0.05, 0) is 29.7 Å². The van der Waals surface area contributed by atoms with Gasteiger partial charge < -0.3 is 20.3 Å². The standard InChI is InChI=1S/C19H21F3N4O/c20-19(21,22)15-5-6-18(25-11-15)24-9-8-23-12-16(27)13-26-10-7-14-3-1-2-4-17(14)26/h1-7,10-11,16,23,27H,8-9,12-13H2,(H,24,25). The molecule has 3 N–H and O–H groups in total. The third kappa shape index (κ3) is 5.21. The van der Waals surface area contributed by atoms with Crippen LogP contribution in [0.3, 0.4) is 0 Å². The molecule has 0 saturated carbocycles. The minimum absolute atomic E-state index is 0.379. The molecule has 1 unspecified atom stereocenters. The second kappa shape index (κ2) is 8.41.